The Hall–Kier alpha value is -2.11. The first kappa shape index (κ1) is 49.9. The summed E-state index contributed by atoms with van der Waals surface area (Å²) in [5, 5.41) is 49.2. The predicted molar refractivity (Wildman–Crippen MR) is 206 cm³/mol. The van der Waals surface area contributed by atoms with Gasteiger partial charge in [0.25, 0.3) is 0 Å². The van der Waals surface area contributed by atoms with E-state index in [-0.39, 0.29) is 0 Å². The molecule has 0 radical (unpaired) electrons. The Kier molecular flexibility index (Phi) is 34.4. The molecule has 10 nitrogen and oxygen atoms in total. The third kappa shape index (κ3) is 27.5. The quantitative estimate of drug-likeness (QED) is 0.0181. The number of esters is 2. The van der Waals surface area contributed by atoms with E-state index < -0.39 is 61.1 Å². The van der Waals surface area contributed by atoms with Gasteiger partial charge < -0.3 is 35.0 Å². The number of aliphatic hydroxyl groups excluding tert-OH is 5. The van der Waals surface area contributed by atoms with Crippen LogP contribution in [0.1, 0.15) is 187 Å². The first-order valence-electron chi connectivity index (χ1n) is 20.8. The van der Waals surface area contributed by atoms with Gasteiger partial charge in [0.05, 0.1) is 25.6 Å². The second kappa shape index (κ2) is 35.9. The zero-order valence-corrected chi connectivity index (χ0v) is 32.8. The maximum atomic E-state index is 13.0. The fraction of sp³-hybridized carbons (Fsp3) is 0.833. The fourth-order valence-corrected chi connectivity index (χ4v) is 6.08. The van der Waals surface area contributed by atoms with Crippen LogP contribution in [0, 0.1) is 5.92 Å². The van der Waals surface area contributed by atoms with Crippen LogP contribution < -0.4 is 0 Å². The molecular weight excluding hydrogens is 664 g/mol. The normalized spacial score (nSPS) is 14.8. The first-order chi connectivity index (χ1) is 25.2. The summed E-state index contributed by atoms with van der Waals surface area (Å²) in [5.74, 6) is -5.17. The highest BCUT2D eigenvalue weighted by Gasteiger charge is 2.41. The number of hydrogen-bond donors (Lipinski definition) is 5. The van der Waals surface area contributed by atoms with E-state index in [0.717, 1.165) is 44.8 Å². The lowest BCUT2D eigenvalue weighted by Crippen LogP contribution is -2.51. The van der Waals surface area contributed by atoms with Gasteiger partial charge in [0.1, 0.15) is 30.3 Å². The number of Topliss-reactive ketones (excluding diaryl/α,β-unsaturated/α-hetero) is 1. The summed E-state index contributed by atoms with van der Waals surface area (Å²) >= 11 is 0. The van der Waals surface area contributed by atoms with Crippen molar-refractivity contribution < 1.29 is 49.4 Å². The van der Waals surface area contributed by atoms with Crippen molar-refractivity contribution in [2.45, 2.75) is 212 Å². The number of allylic oxidation sites excluding steroid dienone is 2. The number of carbonyl (C=O) groups is 3. The summed E-state index contributed by atoms with van der Waals surface area (Å²) in [7, 11) is 0. The Bertz CT molecular complexity index is 920. The van der Waals surface area contributed by atoms with Crippen LogP contribution in [0.5, 0.6) is 0 Å². The van der Waals surface area contributed by atoms with E-state index in [1.54, 1.807) is 12.2 Å². The molecule has 1 unspecified atom stereocenters. The summed E-state index contributed by atoms with van der Waals surface area (Å²) in [5.41, 5.74) is 0. The van der Waals surface area contributed by atoms with Crippen LogP contribution in [-0.4, -0.2) is 74.3 Å². The summed E-state index contributed by atoms with van der Waals surface area (Å²) in [4.78, 5) is 38.5. The maximum absolute atomic E-state index is 13.0. The lowest BCUT2D eigenvalue weighted by molar-refractivity contribution is -0.162. The van der Waals surface area contributed by atoms with Crippen molar-refractivity contribution in [3.05, 3.63) is 24.7 Å². The van der Waals surface area contributed by atoms with Crippen molar-refractivity contribution in [1.29, 1.82) is 0 Å². The van der Waals surface area contributed by atoms with Crippen LogP contribution in [0.15, 0.2) is 24.7 Å². The van der Waals surface area contributed by atoms with Crippen LogP contribution in [0.3, 0.4) is 0 Å². The van der Waals surface area contributed by atoms with E-state index in [4.69, 9.17) is 14.6 Å². The number of ether oxygens (including phenoxy) is 2. The molecule has 0 aromatic rings. The number of aliphatic hydroxyl groups is 5. The smallest absolute Gasteiger partial charge is 0.321 e. The highest BCUT2D eigenvalue weighted by atomic mass is 16.5. The van der Waals surface area contributed by atoms with Crippen LogP contribution >= 0.6 is 0 Å². The van der Waals surface area contributed by atoms with Gasteiger partial charge in [-0.25, -0.2) is 0 Å². The second-order valence-electron chi connectivity index (χ2n) is 14.4. The molecule has 0 heterocycles. The standard InChI is InChI=1S/C42H76O10/c1-3-5-7-9-11-13-15-17-19-21-23-25-27-29-31-51-37(45)33-35(38(46)40(48)41(49)39(47)36(44)34-43)42(50)52-32-30-28-26-24-22-20-18-16-14-12-10-8-6-4-2/h29-32,35-36,39-41,43-44,47-49H,3-28,33-34H2,1-2H3/t35?,36-,39-,40+,41+/m1/s1. The topological polar surface area (TPSA) is 171 Å². The average molecular weight is 741 g/mol. The monoisotopic (exact) mass is 741 g/mol. The molecule has 5 N–H and O–H groups in total. The number of carbonyl (C=O) groups excluding carboxylic acids is 3. The minimum Gasteiger partial charge on any atom is -0.435 e. The van der Waals surface area contributed by atoms with E-state index in [1.165, 1.54) is 122 Å². The van der Waals surface area contributed by atoms with Gasteiger partial charge in [-0.1, -0.05) is 155 Å². The third-order valence-corrected chi connectivity index (χ3v) is 9.57. The molecular formula is C42H76O10. The summed E-state index contributed by atoms with van der Waals surface area (Å²) in [6.45, 7) is 3.52. The molecule has 0 rings (SSSR count). The van der Waals surface area contributed by atoms with E-state index in [1.807, 2.05) is 0 Å². The van der Waals surface area contributed by atoms with E-state index >= 15 is 0 Å². The molecule has 0 saturated carbocycles. The van der Waals surface area contributed by atoms with E-state index in [0.29, 0.717) is 12.8 Å². The van der Waals surface area contributed by atoms with Gasteiger partial charge in [0, 0.05) is 0 Å². The molecule has 52 heavy (non-hydrogen) atoms. The molecule has 0 aliphatic heterocycles. The van der Waals surface area contributed by atoms with Crippen molar-refractivity contribution in [3.8, 4) is 0 Å². The molecule has 10 heteroatoms. The number of rotatable bonds is 37. The van der Waals surface area contributed by atoms with Gasteiger partial charge in [-0.2, -0.15) is 0 Å². The van der Waals surface area contributed by atoms with Crippen molar-refractivity contribution in [3.63, 3.8) is 0 Å². The SMILES string of the molecule is CCCCCCCCCCCCCCC=COC(=O)CC(C(=O)OC=CCCCCCCCCCCCCCC)C(=O)[C@H](O)[C@@H](O)[C@H](O)[C@H](O)CO. The summed E-state index contributed by atoms with van der Waals surface area (Å²) in [6.07, 6.45) is 27.4. The van der Waals surface area contributed by atoms with Gasteiger partial charge in [-0.15, -0.1) is 0 Å². The minimum absolute atomic E-state index is 0.655. The summed E-state index contributed by atoms with van der Waals surface area (Å²) in [6, 6.07) is 0. The molecule has 0 spiro atoms. The lowest BCUT2D eigenvalue weighted by Gasteiger charge is -2.26. The molecule has 0 aromatic carbocycles. The molecule has 0 aliphatic carbocycles. The summed E-state index contributed by atoms with van der Waals surface area (Å²) < 4.78 is 10.2. The molecule has 0 saturated heterocycles. The van der Waals surface area contributed by atoms with Gasteiger partial charge in [0.15, 0.2) is 5.78 Å². The van der Waals surface area contributed by atoms with Crippen molar-refractivity contribution in [2.75, 3.05) is 6.61 Å². The molecule has 304 valence electrons. The van der Waals surface area contributed by atoms with Gasteiger partial charge in [0.2, 0.25) is 0 Å². The van der Waals surface area contributed by atoms with Crippen molar-refractivity contribution in [2.24, 2.45) is 5.92 Å². The number of unbranched alkanes of at least 4 members (excludes halogenated alkanes) is 24. The van der Waals surface area contributed by atoms with Gasteiger partial charge in [-0.05, 0) is 37.8 Å². The Balaban J connectivity index is 4.66. The number of hydrogen-bond acceptors (Lipinski definition) is 10. The van der Waals surface area contributed by atoms with Crippen LogP contribution in [0.2, 0.25) is 0 Å². The maximum Gasteiger partial charge on any atom is 0.321 e. The Morgan fingerprint density at radius 2 is 0.885 bits per heavy atom. The lowest BCUT2D eigenvalue weighted by atomic mass is 9.91. The Morgan fingerprint density at radius 3 is 1.27 bits per heavy atom. The van der Waals surface area contributed by atoms with Crippen molar-refractivity contribution in [1.82, 2.24) is 0 Å². The minimum atomic E-state index is -2.34. The Labute approximate surface area is 315 Å². The van der Waals surface area contributed by atoms with Crippen LogP contribution in [-0.2, 0) is 23.9 Å². The van der Waals surface area contributed by atoms with Gasteiger partial charge >= 0.3 is 11.9 Å². The zero-order chi connectivity index (χ0) is 38.7. The largest absolute Gasteiger partial charge is 0.435 e. The predicted octanol–water partition coefficient (Wildman–Crippen LogP) is 8.29. The molecule has 5 atom stereocenters. The van der Waals surface area contributed by atoms with Crippen LogP contribution in [0.4, 0.5) is 0 Å². The zero-order valence-electron chi connectivity index (χ0n) is 32.8. The molecule has 0 amide bonds. The van der Waals surface area contributed by atoms with Crippen molar-refractivity contribution >= 4 is 17.7 Å². The van der Waals surface area contributed by atoms with E-state index in [9.17, 15) is 34.8 Å². The fourth-order valence-electron chi connectivity index (χ4n) is 6.08. The third-order valence-electron chi connectivity index (χ3n) is 9.57. The van der Waals surface area contributed by atoms with E-state index in [2.05, 4.69) is 13.8 Å². The molecule has 0 aliphatic rings. The highest BCUT2D eigenvalue weighted by molar-refractivity contribution is 6.04. The molecule has 0 fully saturated rings. The Morgan fingerprint density at radius 1 is 0.519 bits per heavy atom. The average Bonchev–Trinajstić information content (AvgIpc) is 3.15. The van der Waals surface area contributed by atoms with Crippen LogP contribution in [0.25, 0.3) is 0 Å². The number of ketones is 1. The molecule has 0 aromatic heterocycles. The van der Waals surface area contributed by atoms with Gasteiger partial charge in [-0.3, -0.25) is 14.4 Å². The first-order valence-corrected chi connectivity index (χ1v) is 20.8. The molecule has 0 bridgehead atoms. The highest BCUT2D eigenvalue weighted by Crippen LogP contribution is 2.18. The second-order valence-corrected chi connectivity index (χ2v) is 14.4.